The standard InChI is InChI=1S/C15H23N3O2/c1-2-17-9-7-16-14(17)13-5-3-4-8-18(13)15(19)12-6-10-20-11-12/h7,9,12-13H,2-6,8,10-11H2,1H3/t12-,13+/m0/s1. The number of ether oxygens (including phenoxy) is 1. The Kier molecular flexibility index (Phi) is 4.05. The van der Waals surface area contributed by atoms with Crippen LogP contribution in [0.5, 0.6) is 0 Å². The van der Waals surface area contributed by atoms with Gasteiger partial charge in [-0.15, -0.1) is 0 Å². The third-order valence-corrected chi connectivity index (χ3v) is 4.45. The van der Waals surface area contributed by atoms with Gasteiger partial charge in [0, 0.05) is 32.1 Å². The number of carbonyl (C=O) groups excluding carboxylic acids is 1. The number of piperidine rings is 1. The maximum absolute atomic E-state index is 12.7. The average Bonchev–Trinajstić information content (AvgIpc) is 3.17. The van der Waals surface area contributed by atoms with Crippen molar-refractivity contribution in [3.05, 3.63) is 18.2 Å². The number of likely N-dealkylation sites (tertiary alicyclic amines) is 1. The van der Waals surface area contributed by atoms with Crippen LogP contribution in [-0.4, -0.2) is 40.1 Å². The fourth-order valence-corrected chi connectivity index (χ4v) is 3.31. The van der Waals surface area contributed by atoms with E-state index in [1.807, 2.05) is 12.4 Å². The van der Waals surface area contributed by atoms with Crippen molar-refractivity contribution in [3.8, 4) is 0 Å². The number of hydrogen-bond acceptors (Lipinski definition) is 3. The molecule has 3 heterocycles. The summed E-state index contributed by atoms with van der Waals surface area (Å²) in [4.78, 5) is 19.3. The van der Waals surface area contributed by atoms with Gasteiger partial charge in [0.15, 0.2) is 0 Å². The molecule has 0 radical (unpaired) electrons. The Hall–Kier alpha value is -1.36. The summed E-state index contributed by atoms with van der Waals surface area (Å²) in [7, 11) is 0. The first-order valence-electron chi connectivity index (χ1n) is 7.70. The van der Waals surface area contributed by atoms with Crippen molar-refractivity contribution in [2.24, 2.45) is 5.92 Å². The Labute approximate surface area is 119 Å². The van der Waals surface area contributed by atoms with Crippen LogP contribution in [0.1, 0.15) is 44.5 Å². The molecule has 1 aromatic rings. The number of nitrogens with zero attached hydrogens (tertiary/aromatic N) is 3. The highest BCUT2D eigenvalue weighted by atomic mass is 16.5. The Morgan fingerprint density at radius 2 is 2.35 bits per heavy atom. The van der Waals surface area contributed by atoms with Crippen molar-refractivity contribution in [3.63, 3.8) is 0 Å². The molecule has 110 valence electrons. The molecule has 1 amide bonds. The fraction of sp³-hybridized carbons (Fsp3) is 0.733. The zero-order valence-electron chi connectivity index (χ0n) is 12.1. The predicted octanol–water partition coefficient (Wildman–Crippen LogP) is 1.99. The highest BCUT2D eigenvalue weighted by Gasteiger charge is 2.35. The molecule has 2 saturated heterocycles. The van der Waals surface area contributed by atoms with Crippen LogP contribution in [0.3, 0.4) is 0 Å². The van der Waals surface area contributed by atoms with Gasteiger partial charge in [-0.1, -0.05) is 0 Å². The van der Waals surface area contributed by atoms with Gasteiger partial charge >= 0.3 is 0 Å². The molecule has 20 heavy (non-hydrogen) atoms. The lowest BCUT2D eigenvalue weighted by atomic mass is 9.98. The van der Waals surface area contributed by atoms with Crippen molar-refractivity contribution in [2.75, 3.05) is 19.8 Å². The topological polar surface area (TPSA) is 47.4 Å². The van der Waals surface area contributed by atoms with Crippen LogP contribution in [0.25, 0.3) is 0 Å². The Bertz CT molecular complexity index is 465. The van der Waals surface area contributed by atoms with E-state index in [1.165, 1.54) is 6.42 Å². The van der Waals surface area contributed by atoms with Crippen LogP contribution >= 0.6 is 0 Å². The number of rotatable bonds is 3. The van der Waals surface area contributed by atoms with Crippen LogP contribution in [0, 0.1) is 5.92 Å². The fourth-order valence-electron chi connectivity index (χ4n) is 3.31. The molecule has 2 aliphatic rings. The highest BCUT2D eigenvalue weighted by molar-refractivity contribution is 5.79. The normalized spacial score (nSPS) is 26.9. The molecule has 0 N–H and O–H groups in total. The van der Waals surface area contributed by atoms with Crippen molar-refractivity contribution in [2.45, 2.75) is 45.2 Å². The number of imidazole rings is 1. The van der Waals surface area contributed by atoms with E-state index in [9.17, 15) is 4.79 Å². The summed E-state index contributed by atoms with van der Waals surface area (Å²) in [5, 5.41) is 0. The first-order chi connectivity index (χ1) is 9.81. The quantitative estimate of drug-likeness (QED) is 0.849. The van der Waals surface area contributed by atoms with Crippen molar-refractivity contribution >= 4 is 5.91 Å². The summed E-state index contributed by atoms with van der Waals surface area (Å²) in [6, 6.07) is 0.145. The van der Waals surface area contributed by atoms with Crippen molar-refractivity contribution in [1.82, 2.24) is 14.5 Å². The molecule has 0 bridgehead atoms. The van der Waals surface area contributed by atoms with E-state index in [2.05, 4.69) is 21.4 Å². The molecule has 0 spiro atoms. The molecule has 1 aromatic heterocycles. The number of hydrogen-bond donors (Lipinski definition) is 0. The summed E-state index contributed by atoms with van der Waals surface area (Å²) in [6.07, 6.45) is 8.01. The van der Waals surface area contributed by atoms with Gasteiger partial charge in [0.05, 0.1) is 18.6 Å². The third kappa shape index (κ3) is 2.46. The second-order valence-corrected chi connectivity index (χ2v) is 5.68. The van der Waals surface area contributed by atoms with Crippen LogP contribution < -0.4 is 0 Å². The van der Waals surface area contributed by atoms with Crippen LogP contribution in [0.2, 0.25) is 0 Å². The second-order valence-electron chi connectivity index (χ2n) is 5.68. The summed E-state index contributed by atoms with van der Waals surface area (Å²) >= 11 is 0. The maximum Gasteiger partial charge on any atom is 0.228 e. The van der Waals surface area contributed by atoms with Gasteiger partial charge in [-0.3, -0.25) is 4.79 Å². The van der Waals surface area contributed by atoms with E-state index in [1.54, 1.807) is 0 Å². The lowest BCUT2D eigenvalue weighted by molar-refractivity contribution is -0.139. The molecule has 2 aliphatic heterocycles. The Balaban J connectivity index is 1.81. The molecule has 2 atom stereocenters. The average molecular weight is 277 g/mol. The Morgan fingerprint density at radius 1 is 1.45 bits per heavy atom. The SMILES string of the molecule is CCn1ccnc1[C@H]1CCCCN1C(=O)[C@H]1CCOC1. The number of carbonyl (C=O) groups is 1. The van der Waals surface area contributed by atoms with Crippen LogP contribution in [0.4, 0.5) is 0 Å². The third-order valence-electron chi connectivity index (χ3n) is 4.45. The minimum Gasteiger partial charge on any atom is -0.381 e. The van der Waals surface area contributed by atoms with E-state index in [4.69, 9.17) is 4.74 Å². The van der Waals surface area contributed by atoms with Crippen LogP contribution in [-0.2, 0) is 16.1 Å². The summed E-state index contributed by atoms with van der Waals surface area (Å²) in [5.74, 6) is 1.36. The van der Waals surface area contributed by atoms with E-state index in [-0.39, 0.29) is 17.9 Å². The van der Waals surface area contributed by atoms with Gasteiger partial charge in [-0.05, 0) is 32.6 Å². The monoisotopic (exact) mass is 277 g/mol. The number of aryl methyl sites for hydroxylation is 1. The summed E-state index contributed by atoms with van der Waals surface area (Å²) in [6.45, 7) is 5.19. The number of amides is 1. The second kappa shape index (κ2) is 5.95. The van der Waals surface area contributed by atoms with E-state index >= 15 is 0 Å². The predicted molar refractivity (Wildman–Crippen MR) is 75.1 cm³/mol. The zero-order chi connectivity index (χ0) is 13.9. The van der Waals surface area contributed by atoms with Gasteiger partial charge in [0.2, 0.25) is 5.91 Å². The minimum atomic E-state index is 0.0561. The van der Waals surface area contributed by atoms with E-state index in [0.29, 0.717) is 6.61 Å². The molecule has 5 nitrogen and oxygen atoms in total. The largest absolute Gasteiger partial charge is 0.381 e. The van der Waals surface area contributed by atoms with E-state index < -0.39 is 0 Å². The lowest BCUT2D eigenvalue weighted by Gasteiger charge is -2.36. The smallest absolute Gasteiger partial charge is 0.228 e. The molecule has 3 rings (SSSR count). The number of aromatic nitrogens is 2. The molecule has 0 aliphatic carbocycles. The molecule has 0 saturated carbocycles. The minimum absolute atomic E-state index is 0.0561. The van der Waals surface area contributed by atoms with Crippen molar-refractivity contribution in [1.29, 1.82) is 0 Å². The molecular weight excluding hydrogens is 254 g/mol. The van der Waals surface area contributed by atoms with Gasteiger partial charge in [0.1, 0.15) is 5.82 Å². The molecule has 5 heteroatoms. The molecular formula is C15H23N3O2. The van der Waals surface area contributed by atoms with Gasteiger partial charge in [-0.25, -0.2) is 4.98 Å². The molecule has 2 fully saturated rings. The molecule has 0 aromatic carbocycles. The van der Waals surface area contributed by atoms with E-state index in [0.717, 1.165) is 44.8 Å². The first-order valence-corrected chi connectivity index (χ1v) is 7.70. The van der Waals surface area contributed by atoms with Crippen LogP contribution in [0.15, 0.2) is 12.4 Å². The lowest BCUT2D eigenvalue weighted by Crippen LogP contribution is -2.43. The molecule has 0 unspecified atom stereocenters. The zero-order valence-corrected chi connectivity index (χ0v) is 12.1. The maximum atomic E-state index is 12.7. The highest BCUT2D eigenvalue weighted by Crippen LogP contribution is 2.32. The van der Waals surface area contributed by atoms with Gasteiger partial charge < -0.3 is 14.2 Å². The Morgan fingerprint density at radius 3 is 3.10 bits per heavy atom. The van der Waals surface area contributed by atoms with Gasteiger partial charge in [0.25, 0.3) is 0 Å². The van der Waals surface area contributed by atoms with Crippen molar-refractivity contribution < 1.29 is 9.53 Å². The summed E-state index contributed by atoms with van der Waals surface area (Å²) in [5.41, 5.74) is 0. The first kappa shape index (κ1) is 13.6. The summed E-state index contributed by atoms with van der Waals surface area (Å²) < 4.78 is 7.53. The van der Waals surface area contributed by atoms with Gasteiger partial charge in [-0.2, -0.15) is 0 Å².